The summed E-state index contributed by atoms with van der Waals surface area (Å²) in [6.07, 6.45) is 0. The van der Waals surface area contributed by atoms with E-state index < -0.39 is 10.8 Å². The molecule has 1 aliphatic heterocycles. The van der Waals surface area contributed by atoms with Crippen molar-refractivity contribution < 1.29 is 23.9 Å². The molecule has 10 heteroatoms. The average Bonchev–Trinajstić information content (AvgIpc) is 3.28. The van der Waals surface area contributed by atoms with Crippen molar-refractivity contribution in [2.45, 2.75) is 6.04 Å². The van der Waals surface area contributed by atoms with Crippen LogP contribution in [0.4, 0.5) is 5.69 Å². The number of nitro groups is 1. The number of benzene rings is 1. The van der Waals surface area contributed by atoms with E-state index >= 15 is 0 Å². The summed E-state index contributed by atoms with van der Waals surface area (Å²) in [7, 11) is 2.80. The lowest BCUT2D eigenvalue weighted by Gasteiger charge is -2.34. The standard InChI is InChI=1S/C19H23N3O6S/c1-26-16-10-13(14(22(24)25)11-17(16)27-2)19(23)20-12-15(18-4-3-9-29-18)21-5-7-28-8-6-21/h3-4,9-11,15H,5-8,12H2,1-2H3,(H,20,23)/t15-/m0/s1. The molecule has 0 radical (unpaired) electrons. The van der Waals surface area contributed by atoms with Gasteiger partial charge in [-0.1, -0.05) is 6.07 Å². The Hall–Kier alpha value is -2.69. The second-order valence-electron chi connectivity index (χ2n) is 6.37. The predicted octanol–water partition coefficient (Wildman–Crippen LogP) is 2.48. The first-order valence-electron chi connectivity index (χ1n) is 9.09. The van der Waals surface area contributed by atoms with Crippen LogP contribution < -0.4 is 14.8 Å². The Kier molecular flexibility index (Phi) is 7.02. The molecule has 0 saturated carbocycles. The number of morpholine rings is 1. The van der Waals surface area contributed by atoms with Crippen LogP contribution in [0.1, 0.15) is 21.3 Å². The van der Waals surface area contributed by atoms with Crippen molar-refractivity contribution in [3.8, 4) is 11.5 Å². The van der Waals surface area contributed by atoms with E-state index in [4.69, 9.17) is 14.2 Å². The van der Waals surface area contributed by atoms with Crippen LogP contribution in [0.2, 0.25) is 0 Å². The predicted molar refractivity (Wildman–Crippen MR) is 108 cm³/mol. The molecule has 1 aromatic carbocycles. The van der Waals surface area contributed by atoms with Crippen LogP contribution in [0, 0.1) is 10.1 Å². The quantitative estimate of drug-likeness (QED) is 0.516. The number of hydrogen-bond donors (Lipinski definition) is 1. The number of hydrogen-bond acceptors (Lipinski definition) is 8. The van der Waals surface area contributed by atoms with Crippen molar-refractivity contribution in [2.24, 2.45) is 0 Å². The first-order valence-corrected chi connectivity index (χ1v) is 9.97. The number of amides is 1. The number of carbonyl (C=O) groups excluding carboxylic acids is 1. The molecule has 1 amide bonds. The molecule has 1 atom stereocenters. The fraction of sp³-hybridized carbons (Fsp3) is 0.421. The Labute approximate surface area is 172 Å². The van der Waals surface area contributed by atoms with E-state index in [1.54, 1.807) is 11.3 Å². The van der Waals surface area contributed by atoms with Gasteiger partial charge >= 0.3 is 0 Å². The summed E-state index contributed by atoms with van der Waals surface area (Å²) in [6.45, 7) is 3.11. The summed E-state index contributed by atoms with van der Waals surface area (Å²) in [5.41, 5.74) is -0.404. The van der Waals surface area contributed by atoms with Gasteiger partial charge in [-0.2, -0.15) is 0 Å². The Morgan fingerprint density at radius 2 is 2.00 bits per heavy atom. The number of ether oxygens (including phenoxy) is 3. The van der Waals surface area contributed by atoms with Crippen molar-refractivity contribution in [1.29, 1.82) is 0 Å². The van der Waals surface area contributed by atoms with Gasteiger partial charge < -0.3 is 19.5 Å². The van der Waals surface area contributed by atoms with Crippen LogP contribution in [0.25, 0.3) is 0 Å². The first-order chi connectivity index (χ1) is 14.0. The second kappa shape index (κ2) is 9.68. The maximum Gasteiger partial charge on any atom is 0.286 e. The molecule has 29 heavy (non-hydrogen) atoms. The number of nitrogens with one attached hydrogen (secondary N) is 1. The number of carbonyl (C=O) groups is 1. The third-order valence-corrected chi connectivity index (χ3v) is 5.73. The molecule has 1 aromatic heterocycles. The van der Waals surface area contributed by atoms with E-state index in [1.807, 2.05) is 17.5 Å². The van der Waals surface area contributed by atoms with E-state index in [0.29, 0.717) is 19.8 Å². The van der Waals surface area contributed by atoms with Gasteiger partial charge in [-0.3, -0.25) is 19.8 Å². The number of methoxy groups -OCH3 is 2. The number of nitrogens with zero attached hydrogens (tertiary/aromatic N) is 2. The van der Waals surface area contributed by atoms with Crippen LogP contribution in [0.3, 0.4) is 0 Å². The van der Waals surface area contributed by atoms with Gasteiger partial charge in [0, 0.05) is 30.6 Å². The highest BCUT2D eigenvalue weighted by molar-refractivity contribution is 7.10. The number of nitro benzene ring substituents is 1. The molecular weight excluding hydrogens is 398 g/mol. The largest absolute Gasteiger partial charge is 0.493 e. The lowest BCUT2D eigenvalue weighted by Crippen LogP contribution is -2.43. The molecule has 1 aliphatic rings. The normalized spacial score (nSPS) is 15.5. The van der Waals surface area contributed by atoms with Gasteiger partial charge in [0.25, 0.3) is 11.6 Å². The van der Waals surface area contributed by atoms with Gasteiger partial charge in [0.2, 0.25) is 0 Å². The zero-order valence-corrected chi connectivity index (χ0v) is 17.1. The highest BCUT2D eigenvalue weighted by atomic mass is 32.1. The molecule has 2 heterocycles. The van der Waals surface area contributed by atoms with E-state index in [9.17, 15) is 14.9 Å². The molecule has 1 saturated heterocycles. The van der Waals surface area contributed by atoms with Crippen molar-refractivity contribution in [3.63, 3.8) is 0 Å². The van der Waals surface area contributed by atoms with Gasteiger partial charge in [0.15, 0.2) is 11.5 Å². The van der Waals surface area contributed by atoms with Crippen LogP contribution in [0.15, 0.2) is 29.6 Å². The Morgan fingerprint density at radius 3 is 2.59 bits per heavy atom. The van der Waals surface area contributed by atoms with Crippen LogP contribution in [-0.2, 0) is 4.74 Å². The molecule has 156 valence electrons. The highest BCUT2D eigenvalue weighted by Gasteiger charge is 2.27. The summed E-state index contributed by atoms with van der Waals surface area (Å²) in [5, 5.41) is 16.3. The molecule has 0 aliphatic carbocycles. The summed E-state index contributed by atoms with van der Waals surface area (Å²) < 4.78 is 15.7. The zero-order chi connectivity index (χ0) is 20.8. The maximum atomic E-state index is 12.8. The Balaban J connectivity index is 1.82. The molecular formula is C19H23N3O6S. The lowest BCUT2D eigenvalue weighted by molar-refractivity contribution is -0.385. The minimum atomic E-state index is -0.602. The summed E-state index contributed by atoms with van der Waals surface area (Å²) >= 11 is 1.61. The SMILES string of the molecule is COc1cc(C(=O)NC[C@@H](c2cccs2)N2CCOCC2)c([N+](=O)[O-])cc1OC. The summed E-state index contributed by atoms with van der Waals surface area (Å²) in [5.74, 6) is -0.0840. The molecule has 0 spiro atoms. The van der Waals surface area contributed by atoms with Crippen molar-refractivity contribution in [3.05, 3.63) is 50.2 Å². The lowest BCUT2D eigenvalue weighted by atomic mass is 10.1. The number of rotatable bonds is 8. The summed E-state index contributed by atoms with van der Waals surface area (Å²) in [6, 6.07) is 6.50. The Bertz CT molecular complexity index is 852. The molecule has 1 N–H and O–H groups in total. The fourth-order valence-corrected chi connectivity index (χ4v) is 4.13. The third kappa shape index (κ3) is 4.84. The van der Waals surface area contributed by atoms with Crippen LogP contribution >= 0.6 is 11.3 Å². The molecule has 0 bridgehead atoms. The molecule has 1 fully saturated rings. The molecule has 0 unspecified atom stereocenters. The topological polar surface area (TPSA) is 103 Å². The van der Waals surface area contributed by atoms with Crippen molar-refractivity contribution in [2.75, 3.05) is 47.1 Å². The highest BCUT2D eigenvalue weighted by Crippen LogP contribution is 2.34. The number of thiophene rings is 1. The second-order valence-corrected chi connectivity index (χ2v) is 7.35. The van der Waals surface area contributed by atoms with Crippen molar-refractivity contribution >= 4 is 22.9 Å². The molecule has 9 nitrogen and oxygen atoms in total. The van der Waals surface area contributed by atoms with E-state index in [1.165, 1.54) is 26.4 Å². The van der Waals surface area contributed by atoms with Gasteiger partial charge in [-0.05, 0) is 11.4 Å². The van der Waals surface area contributed by atoms with Crippen molar-refractivity contribution in [1.82, 2.24) is 10.2 Å². The van der Waals surface area contributed by atoms with E-state index in [2.05, 4.69) is 10.2 Å². The van der Waals surface area contributed by atoms with Gasteiger partial charge in [-0.25, -0.2) is 0 Å². The maximum absolute atomic E-state index is 12.8. The minimum Gasteiger partial charge on any atom is -0.493 e. The minimum absolute atomic E-state index is 0.0259. The van der Waals surface area contributed by atoms with Gasteiger partial charge in [0.1, 0.15) is 5.56 Å². The zero-order valence-electron chi connectivity index (χ0n) is 16.3. The van der Waals surface area contributed by atoms with Crippen LogP contribution in [0.5, 0.6) is 11.5 Å². The third-order valence-electron chi connectivity index (χ3n) is 4.76. The Morgan fingerprint density at radius 1 is 1.31 bits per heavy atom. The smallest absolute Gasteiger partial charge is 0.286 e. The van der Waals surface area contributed by atoms with Gasteiger partial charge in [-0.15, -0.1) is 11.3 Å². The first kappa shape index (κ1) is 21.0. The average molecular weight is 421 g/mol. The van der Waals surface area contributed by atoms with E-state index in [0.717, 1.165) is 18.0 Å². The molecule has 3 rings (SSSR count). The summed E-state index contributed by atoms with van der Waals surface area (Å²) in [4.78, 5) is 27.1. The van der Waals surface area contributed by atoms with E-state index in [-0.39, 0.29) is 28.8 Å². The van der Waals surface area contributed by atoms with Gasteiger partial charge in [0.05, 0.1) is 44.5 Å². The van der Waals surface area contributed by atoms with Crippen LogP contribution in [-0.4, -0.2) is 62.8 Å². The monoisotopic (exact) mass is 421 g/mol. The molecule has 2 aromatic rings. The fourth-order valence-electron chi connectivity index (χ4n) is 3.27.